The van der Waals surface area contributed by atoms with Crippen LogP contribution >= 0.6 is 9.39 Å². The number of nitrogens with one attached hydrogen (secondary N) is 2. The van der Waals surface area contributed by atoms with Gasteiger partial charge >= 0.3 is 5.97 Å². The predicted molar refractivity (Wildman–Crippen MR) is 138 cm³/mol. The van der Waals surface area contributed by atoms with Gasteiger partial charge in [0.25, 0.3) is 0 Å². The highest BCUT2D eigenvalue weighted by Crippen LogP contribution is 2.71. The van der Waals surface area contributed by atoms with E-state index < -0.39 is 64.9 Å². The largest absolute Gasteiger partial charge is 0.458 e. The van der Waals surface area contributed by atoms with Crippen LogP contribution in [0.3, 0.4) is 0 Å². The van der Waals surface area contributed by atoms with E-state index >= 15 is 4.39 Å². The summed E-state index contributed by atoms with van der Waals surface area (Å²) < 4.78 is 35.4. The van der Waals surface area contributed by atoms with E-state index in [1.54, 1.807) is 13.0 Å². The Morgan fingerprint density at radius 3 is 2.79 bits per heavy atom. The van der Waals surface area contributed by atoms with Gasteiger partial charge < -0.3 is 19.3 Å². The number of carbonyl (C=O) groups excluding carboxylic acids is 3. The third-order valence-corrected chi connectivity index (χ3v) is 10.3. The number of aliphatic hydroxyl groups is 1. The Balaban J connectivity index is 1.50. The standard InChI is InChI=1S/C27H38FN2O7P/c1-15(31)35-14-21(34)27-22(36-23(37-27)5-4-10-29-30-38)12-19-18-7-6-16-11-17(32)8-9-24(16,2)26(18,28)20(33)13-25(19,27)3/h8-9,11,18-20,22-23,29-30,33H,4-7,10,12-14,38H2,1-3H3. The van der Waals surface area contributed by atoms with Crippen LogP contribution in [0.15, 0.2) is 23.8 Å². The van der Waals surface area contributed by atoms with Crippen LogP contribution in [0.2, 0.25) is 0 Å². The second kappa shape index (κ2) is 9.82. The lowest BCUT2D eigenvalue weighted by Gasteiger charge is -2.62. The zero-order valence-corrected chi connectivity index (χ0v) is 23.3. The molecule has 210 valence electrons. The van der Waals surface area contributed by atoms with Crippen molar-refractivity contribution in [3.8, 4) is 0 Å². The molecule has 11 heteroatoms. The van der Waals surface area contributed by atoms with Gasteiger partial charge in [0.1, 0.15) is 0 Å². The molecule has 5 aliphatic rings. The van der Waals surface area contributed by atoms with E-state index in [0.29, 0.717) is 44.2 Å². The van der Waals surface area contributed by atoms with Gasteiger partial charge in [0.05, 0.1) is 12.2 Å². The predicted octanol–water partition coefficient (Wildman–Crippen LogP) is 2.24. The molecule has 1 aliphatic heterocycles. The quantitative estimate of drug-likeness (QED) is 0.180. The van der Waals surface area contributed by atoms with Crippen LogP contribution in [0.25, 0.3) is 0 Å². The number of Topliss-reactive ketones (excluding diaryl/α,β-unsaturated/α-hetero) is 1. The van der Waals surface area contributed by atoms with Gasteiger partial charge in [0, 0.05) is 30.2 Å². The number of fused-ring (bicyclic) bond motifs is 7. The van der Waals surface area contributed by atoms with Crippen LogP contribution in [0.4, 0.5) is 4.39 Å². The number of ketones is 2. The first-order chi connectivity index (χ1) is 17.9. The van der Waals surface area contributed by atoms with Gasteiger partial charge in [-0.15, -0.1) is 0 Å². The van der Waals surface area contributed by atoms with Crippen LogP contribution in [0.5, 0.6) is 0 Å². The SMILES string of the molecule is CC(=O)OCC(=O)C12OC(CCCNNP)OC1CC1C3CCC4=CC(=O)C=CC4(C)C3(F)C(O)CC12C. The number of ether oxygens (including phenoxy) is 3. The Hall–Kier alpha value is -1.55. The van der Waals surface area contributed by atoms with Crippen molar-refractivity contribution in [1.29, 1.82) is 0 Å². The third kappa shape index (κ3) is 3.82. The molecule has 0 aromatic carbocycles. The van der Waals surface area contributed by atoms with Crippen LogP contribution in [0, 0.1) is 22.7 Å². The van der Waals surface area contributed by atoms with Crippen molar-refractivity contribution in [2.75, 3.05) is 13.2 Å². The van der Waals surface area contributed by atoms with Gasteiger partial charge in [-0.05, 0) is 63.5 Å². The Labute approximate surface area is 224 Å². The molecule has 10 unspecified atom stereocenters. The molecule has 3 N–H and O–H groups in total. The van der Waals surface area contributed by atoms with Gasteiger partial charge in [-0.25, -0.2) is 9.59 Å². The van der Waals surface area contributed by atoms with E-state index in [1.165, 1.54) is 19.1 Å². The Morgan fingerprint density at radius 2 is 2.08 bits per heavy atom. The fourth-order valence-corrected chi connectivity index (χ4v) is 8.50. The van der Waals surface area contributed by atoms with E-state index in [-0.39, 0.29) is 18.1 Å². The number of alkyl halides is 1. The van der Waals surface area contributed by atoms with Gasteiger partial charge in [-0.3, -0.25) is 19.8 Å². The number of allylic oxidation sites excluding steroid dienone is 4. The second-order valence-corrected chi connectivity index (χ2v) is 12.1. The van der Waals surface area contributed by atoms with E-state index in [2.05, 4.69) is 20.0 Å². The molecule has 1 heterocycles. The van der Waals surface area contributed by atoms with Gasteiger partial charge in [0.2, 0.25) is 5.78 Å². The summed E-state index contributed by atoms with van der Waals surface area (Å²) in [6.45, 7) is 5.08. The normalized spacial score (nSPS) is 45.1. The summed E-state index contributed by atoms with van der Waals surface area (Å²) >= 11 is 0. The first kappa shape index (κ1) is 28.0. The van der Waals surface area contributed by atoms with Crippen LogP contribution in [-0.2, 0) is 28.6 Å². The van der Waals surface area contributed by atoms with Crippen molar-refractivity contribution in [3.63, 3.8) is 0 Å². The average Bonchev–Trinajstić information content (AvgIpc) is 3.34. The Bertz CT molecular complexity index is 1090. The summed E-state index contributed by atoms with van der Waals surface area (Å²) in [5.74, 6) is -2.07. The van der Waals surface area contributed by atoms with E-state index in [9.17, 15) is 19.5 Å². The highest BCUT2D eigenvalue weighted by atomic mass is 31.0. The maximum Gasteiger partial charge on any atom is 0.303 e. The lowest BCUT2D eigenvalue weighted by Crippen LogP contribution is -2.69. The topological polar surface area (TPSA) is 123 Å². The van der Waals surface area contributed by atoms with Gasteiger partial charge in [-0.1, -0.05) is 28.0 Å². The molecule has 0 aromatic rings. The summed E-state index contributed by atoms with van der Waals surface area (Å²) in [5, 5.41) is 14.4. The highest BCUT2D eigenvalue weighted by molar-refractivity contribution is 7.13. The molecule has 4 aliphatic carbocycles. The Kier molecular flexibility index (Phi) is 7.24. The van der Waals surface area contributed by atoms with Gasteiger partial charge in [0.15, 0.2) is 29.9 Å². The van der Waals surface area contributed by atoms with Crippen molar-refractivity contribution in [2.24, 2.45) is 22.7 Å². The molecule has 0 bridgehead atoms. The molecular formula is C27H38FN2O7P. The first-order valence-electron chi connectivity index (χ1n) is 13.4. The highest BCUT2D eigenvalue weighted by Gasteiger charge is 2.79. The monoisotopic (exact) mass is 552 g/mol. The number of esters is 1. The summed E-state index contributed by atoms with van der Waals surface area (Å²) in [7, 11) is 2.36. The molecule has 0 aromatic heterocycles. The average molecular weight is 553 g/mol. The summed E-state index contributed by atoms with van der Waals surface area (Å²) in [6, 6.07) is 0. The number of carbonyl (C=O) groups is 3. The van der Waals surface area contributed by atoms with E-state index in [1.807, 2.05) is 6.92 Å². The van der Waals surface area contributed by atoms with Crippen molar-refractivity contribution in [2.45, 2.75) is 89.1 Å². The van der Waals surface area contributed by atoms with Crippen molar-refractivity contribution >= 4 is 26.9 Å². The minimum Gasteiger partial charge on any atom is -0.458 e. The molecule has 0 radical (unpaired) electrons. The summed E-state index contributed by atoms with van der Waals surface area (Å²) in [5.41, 5.74) is -1.88. The molecule has 10 atom stereocenters. The molecule has 0 amide bonds. The van der Waals surface area contributed by atoms with Crippen LogP contribution < -0.4 is 10.6 Å². The maximum atomic E-state index is 17.4. The number of aliphatic hydroxyl groups excluding tert-OH is 1. The van der Waals surface area contributed by atoms with Crippen LogP contribution in [0.1, 0.15) is 59.3 Å². The molecule has 5 rings (SSSR count). The zero-order valence-electron chi connectivity index (χ0n) is 22.1. The lowest BCUT2D eigenvalue weighted by molar-refractivity contribution is -0.231. The first-order valence-corrected chi connectivity index (χ1v) is 14.0. The third-order valence-electron chi connectivity index (χ3n) is 10.1. The van der Waals surface area contributed by atoms with E-state index in [0.717, 1.165) is 0 Å². The van der Waals surface area contributed by atoms with Crippen molar-refractivity contribution in [1.82, 2.24) is 10.6 Å². The molecule has 3 saturated carbocycles. The molecular weight excluding hydrogens is 514 g/mol. The number of rotatable bonds is 8. The number of hydrazine groups is 1. The molecule has 1 saturated heterocycles. The molecule has 38 heavy (non-hydrogen) atoms. The zero-order chi connectivity index (χ0) is 27.5. The number of hydrogen-bond acceptors (Lipinski definition) is 9. The smallest absolute Gasteiger partial charge is 0.303 e. The minimum atomic E-state index is -2.02. The lowest BCUT2D eigenvalue weighted by atomic mass is 9.44. The Morgan fingerprint density at radius 1 is 1.32 bits per heavy atom. The van der Waals surface area contributed by atoms with Crippen molar-refractivity contribution < 1.29 is 38.1 Å². The van der Waals surface area contributed by atoms with Crippen LogP contribution in [-0.4, -0.2) is 65.6 Å². The number of halogens is 1. The fourth-order valence-electron chi connectivity index (χ4n) is 8.36. The van der Waals surface area contributed by atoms with Crippen molar-refractivity contribution in [3.05, 3.63) is 23.8 Å². The maximum absolute atomic E-state index is 17.4. The van der Waals surface area contributed by atoms with E-state index in [4.69, 9.17) is 14.2 Å². The fraction of sp³-hybridized carbons (Fsp3) is 0.741. The van der Waals surface area contributed by atoms with Gasteiger partial charge in [-0.2, -0.15) is 0 Å². The molecule has 4 fully saturated rings. The number of hydrogen-bond donors (Lipinski definition) is 3. The summed E-state index contributed by atoms with van der Waals surface area (Å²) in [4.78, 5) is 37.5. The minimum absolute atomic E-state index is 0.0216. The summed E-state index contributed by atoms with van der Waals surface area (Å²) in [6.07, 6.45) is 4.38. The molecule has 0 spiro atoms. The second-order valence-electron chi connectivity index (χ2n) is 11.8. The molecule has 9 nitrogen and oxygen atoms in total.